The molecule has 1 saturated heterocycles. The van der Waals surface area contributed by atoms with E-state index in [-0.39, 0.29) is 5.91 Å². The number of carbonyl (C=O) groups excluding carboxylic acids is 1. The molecule has 20 heavy (non-hydrogen) atoms. The highest BCUT2D eigenvalue weighted by Gasteiger charge is 2.31. The van der Waals surface area contributed by atoms with Crippen molar-refractivity contribution in [2.24, 2.45) is 0 Å². The van der Waals surface area contributed by atoms with Gasteiger partial charge in [-0.3, -0.25) is 4.79 Å². The number of hydrogen-bond acceptors (Lipinski definition) is 3. The first-order chi connectivity index (χ1) is 9.49. The molecule has 1 fully saturated rings. The van der Waals surface area contributed by atoms with E-state index >= 15 is 0 Å². The molecule has 1 unspecified atom stereocenters. The zero-order chi connectivity index (χ0) is 14.7. The van der Waals surface area contributed by atoms with E-state index in [4.69, 9.17) is 9.84 Å². The quantitative estimate of drug-likeness (QED) is 0.853. The number of likely N-dealkylation sites (tertiary alicyclic amines) is 1. The van der Waals surface area contributed by atoms with E-state index in [1.54, 1.807) is 30.1 Å². The van der Waals surface area contributed by atoms with Gasteiger partial charge in [0.1, 0.15) is 5.75 Å². The van der Waals surface area contributed by atoms with Crippen LogP contribution in [0, 0.1) is 0 Å². The first-order valence-electron chi connectivity index (χ1n) is 6.10. The predicted octanol–water partition coefficient (Wildman–Crippen LogP) is 2.16. The average Bonchev–Trinajstić information content (AvgIpc) is 2.71. The van der Waals surface area contributed by atoms with Crippen molar-refractivity contribution in [2.75, 3.05) is 13.6 Å². The van der Waals surface area contributed by atoms with E-state index in [2.05, 4.69) is 15.9 Å². The Kier molecular flexibility index (Phi) is 4.44. The van der Waals surface area contributed by atoms with Gasteiger partial charge in [0.25, 0.3) is 5.91 Å². The fraction of sp³-hybridized carbons (Fsp3) is 0.286. The van der Waals surface area contributed by atoms with E-state index in [1.165, 1.54) is 6.08 Å². The maximum Gasteiger partial charge on any atom is 0.328 e. The van der Waals surface area contributed by atoms with Crippen LogP contribution in [0.25, 0.3) is 6.08 Å². The molecule has 1 amide bonds. The highest BCUT2D eigenvalue weighted by Crippen LogP contribution is 2.32. The summed E-state index contributed by atoms with van der Waals surface area (Å²) >= 11 is 3.37. The van der Waals surface area contributed by atoms with E-state index in [9.17, 15) is 9.59 Å². The number of rotatable bonds is 4. The van der Waals surface area contributed by atoms with Gasteiger partial charge in [-0.2, -0.15) is 0 Å². The van der Waals surface area contributed by atoms with Crippen LogP contribution in [0.2, 0.25) is 0 Å². The number of halogens is 1. The van der Waals surface area contributed by atoms with Crippen molar-refractivity contribution in [1.29, 1.82) is 0 Å². The Morgan fingerprint density at radius 1 is 1.55 bits per heavy atom. The van der Waals surface area contributed by atoms with Crippen molar-refractivity contribution in [3.8, 4) is 5.75 Å². The molecular weight excluding hydrogens is 326 g/mol. The third-order valence-corrected chi connectivity index (χ3v) is 3.67. The number of nitrogens with zero attached hydrogens (tertiary/aromatic N) is 1. The number of benzene rings is 1. The molecule has 1 aromatic carbocycles. The van der Waals surface area contributed by atoms with Crippen LogP contribution >= 0.6 is 15.9 Å². The second-order valence-electron chi connectivity index (χ2n) is 4.48. The number of hydrogen-bond donors (Lipinski definition) is 1. The number of para-hydroxylation sites is 1. The summed E-state index contributed by atoms with van der Waals surface area (Å²) in [5.74, 6) is -0.611. The lowest BCUT2D eigenvalue weighted by Crippen LogP contribution is -2.29. The maximum atomic E-state index is 11.9. The number of likely N-dealkylation sites (N-methyl/N-ethyl adjacent to an activating group) is 1. The fourth-order valence-electron chi connectivity index (χ4n) is 1.98. The third kappa shape index (κ3) is 3.19. The lowest BCUT2D eigenvalue weighted by atomic mass is 10.2. The van der Waals surface area contributed by atoms with Gasteiger partial charge in [-0.05, 0) is 28.1 Å². The molecule has 2 rings (SSSR count). The van der Waals surface area contributed by atoms with Gasteiger partial charge in [0.05, 0.1) is 4.47 Å². The van der Waals surface area contributed by atoms with Gasteiger partial charge in [0, 0.05) is 31.7 Å². The smallest absolute Gasteiger partial charge is 0.328 e. The lowest BCUT2D eigenvalue weighted by Gasteiger charge is -2.16. The van der Waals surface area contributed by atoms with Crippen molar-refractivity contribution in [2.45, 2.75) is 12.5 Å². The first-order valence-corrected chi connectivity index (χ1v) is 6.89. The minimum absolute atomic E-state index is 0.0612. The van der Waals surface area contributed by atoms with Crippen molar-refractivity contribution in [3.05, 3.63) is 34.3 Å². The molecule has 1 aliphatic heterocycles. The van der Waals surface area contributed by atoms with E-state index < -0.39 is 12.1 Å². The number of amides is 1. The van der Waals surface area contributed by atoms with Crippen LogP contribution in [0.15, 0.2) is 28.7 Å². The number of aliphatic carboxylic acids is 1. The van der Waals surface area contributed by atoms with Gasteiger partial charge in [-0.1, -0.05) is 12.1 Å². The molecule has 1 aromatic rings. The number of ether oxygens (including phenoxy) is 1. The van der Waals surface area contributed by atoms with Crippen LogP contribution in [0.1, 0.15) is 12.0 Å². The second kappa shape index (κ2) is 6.09. The summed E-state index contributed by atoms with van der Waals surface area (Å²) in [5.41, 5.74) is 0.615. The summed E-state index contributed by atoms with van der Waals surface area (Å²) < 4.78 is 6.46. The van der Waals surface area contributed by atoms with Crippen molar-refractivity contribution >= 4 is 33.9 Å². The highest BCUT2D eigenvalue weighted by atomic mass is 79.9. The van der Waals surface area contributed by atoms with Crippen LogP contribution in [0.3, 0.4) is 0 Å². The SMILES string of the molecule is CN1CCC(Oc2c(Br)cccc2C=CC(=O)O)C1=O. The molecule has 0 aromatic heterocycles. The van der Waals surface area contributed by atoms with Gasteiger partial charge < -0.3 is 14.7 Å². The molecule has 0 bridgehead atoms. The topological polar surface area (TPSA) is 66.8 Å². The molecule has 1 atom stereocenters. The molecular formula is C14H14BrNO4. The Labute approximate surface area is 125 Å². The monoisotopic (exact) mass is 339 g/mol. The molecule has 1 N–H and O–H groups in total. The third-order valence-electron chi connectivity index (χ3n) is 3.04. The fourth-order valence-corrected chi connectivity index (χ4v) is 2.46. The largest absolute Gasteiger partial charge is 0.479 e. The van der Waals surface area contributed by atoms with Crippen molar-refractivity contribution in [1.82, 2.24) is 4.90 Å². The number of carbonyl (C=O) groups is 2. The second-order valence-corrected chi connectivity index (χ2v) is 5.34. The minimum atomic E-state index is -1.03. The van der Waals surface area contributed by atoms with Crippen LogP contribution in [-0.4, -0.2) is 41.6 Å². The number of carboxylic acids is 1. The Hall–Kier alpha value is -1.82. The zero-order valence-corrected chi connectivity index (χ0v) is 12.5. The van der Waals surface area contributed by atoms with Gasteiger partial charge in [0.2, 0.25) is 0 Å². The summed E-state index contributed by atoms with van der Waals surface area (Å²) in [7, 11) is 1.73. The van der Waals surface area contributed by atoms with Crippen molar-refractivity contribution < 1.29 is 19.4 Å². The highest BCUT2D eigenvalue weighted by molar-refractivity contribution is 9.10. The molecule has 0 saturated carbocycles. The van der Waals surface area contributed by atoms with Crippen molar-refractivity contribution in [3.63, 3.8) is 0 Å². The molecule has 5 nitrogen and oxygen atoms in total. The Morgan fingerprint density at radius 3 is 2.90 bits per heavy atom. The van der Waals surface area contributed by atoms with Gasteiger partial charge >= 0.3 is 5.97 Å². The molecule has 1 aliphatic rings. The van der Waals surface area contributed by atoms with Gasteiger partial charge in [-0.25, -0.2) is 4.79 Å². The standard InChI is InChI=1S/C14H14BrNO4/c1-16-8-7-11(14(16)19)20-13-9(5-6-12(17)18)3-2-4-10(13)15/h2-6,11H,7-8H2,1H3,(H,17,18). The Morgan fingerprint density at radius 2 is 2.30 bits per heavy atom. The summed E-state index contributed by atoms with van der Waals surface area (Å²) in [6.07, 6.45) is 2.59. The predicted molar refractivity (Wildman–Crippen MR) is 77.5 cm³/mol. The van der Waals surface area contributed by atoms with E-state index in [1.807, 2.05) is 0 Å². The van der Waals surface area contributed by atoms with Crippen LogP contribution < -0.4 is 4.74 Å². The van der Waals surface area contributed by atoms with Gasteiger partial charge in [0.15, 0.2) is 6.10 Å². The summed E-state index contributed by atoms with van der Waals surface area (Å²) in [4.78, 5) is 24.1. The Bertz CT molecular complexity index is 570. The molecule has 0 aliphatic carbocycles. The molecule has 6 heteroatoms. The average molecular weight is 340 g/mol. The van der Waals surface area contributed by atoms with Crippen LogP contribution in [0.5, 0.6) is 5.75 Å². The first kappa shape index (κ1) is 14.6. The minimum Gasteiger partial charge on any atom is -0.479 e. The maximum absolute atomic E-state index is 11.9. The van der Waals surface area contributed by atoms with Gasteiger partial charge in [-0.15, -0.1) is 0 Å². The molecule has 0 radical (unpaired) electrons. The summed E-state index contributed by atoms with van der Waals surface area (Å²) in [6, 6.07) is 5.31. The van der Waals surface area contributed by atoms with E-state index in [0.717, 1.165) is 6.08 Å². The Balaban J connectivity index is 2.26. The lowest BCUT2D eigenvalue weighted by molar-refractivity contribution is -0.132. The number of carboxylic acid groups (broad SMARTS) is 1. The molecule has 0 spiro atoms. The van der Waals surface area contributed by atoms with E-state index in [0.29, 0.717) is 28.8 Å². The normalized spacial score (nSPS) is 18.8. The molecule has 106 valence electrons. The molecule has 1 heterocycles. The summed E-state index contributed by atoms with van der Waals surface area (Å²) in [6.45, 7) is 0.661. The van der Waals surface area contributed by atoms with Crippen LogP contribution in [-0.2, 0) is 9.59 Å². The van der Waals surface area contributed by atoms with Crippen LogP contribution in [0.4, 0.5) is 0 Å². The zero-order valence-electron chi connectivity index (χ0n) is 10.9. The summed E-state index contributed by atoms with van der Waals surface area (Å²) in [5, 5.41) is 8.70.